The number of hydrogen-bond donors (Lipinski definition) is 1. The molecule has 2 aromatic rings. The summed E-state index contributed by atoms with van der Waals surface area (Å²) < 4.78 is 0. The van der Waals surface area contributed by atoms with Crippen LogP contribution in [0, 0.1) is 11.8 Å². The molecule has 1 amide bonds. The molecule has 0 bridgehead atoms. The highest BCUT2D eigenvalue weighted by Gasteiger charge is 2.43. The fraction of sp³-hybridized carbons (Fsp3) is 0.579. The van der Waals surface area contributed by atoms with Gasteiger partial charge in [0.25, 0.3) is 0 Å². The van der Waals surface area contributed by atoms with Gasteiger partial charge >= 0.3 is 0 Å². The molecule has 1 N–H and O–H groups in total. The topological polar surface area (TPSA) is 77.5 Å². The summed E-state index contributed by atoms with van der Waals surface area (Å²) in [7, 11) is 2.13. The molecule has 1 saturated heterocycles. The highest BCUT2D eigenvalue weighted by atomic mass is 16.2. The lowest BCUT2D eigenvalue weighted by Gasteiger charge is -2.28. The lowest BCUT2D eigenvalue weighted by Crippen LogP contribution is -2.34. The number of carbonyl (C=O) groups is 1. The molecule has 4 rings (SSSR count). The zero-order chi connectivity index (χ0) is 18.1. The second-order valence-electron chi connectivity index (χ2n) is 7.54. The Labute approximate surface area is 153 Å². The minimum atomic E-state index is 0.276. The van der Waals surface area contributed by atoms with E-state index in [-0.39, 0.29) is 5.91 Å². The number of amides is 1. The van der Waals surface area contributed by atoms with Crippen molar-refractivity contribution in [2.24, 2.45) is 16.8 Å². The van der Waals surface area contributed by atoms with Crippen molar-refractivity contribution in [3.63, 3.8) is 0 Å². The van der Waals surface area contributed by atoms with E-state index >= 15 is 0 Å². The van der Waals surface area contributed by atoms with Crippen molar-refractivity contribution in [2.75, 3.05) is 31.6 Å². The van der Waals surface area contributed by atoms with Crippen LogP contribution in [0.15, 0.2) is 23.6 Å². The number of aromatic amines is 1. The Morgan fingerprint density at radius 1 is 1.38 bits per heavy atom. The Morgan fingerprint density at radius 3 is 2.88 bits per heavy atom. The van der Waals surface area contributed by atoms with Gasteiger partial charge in [-0.05, 0) is 43.9 Å². The third-order valence-corrected chi connectivity index (χ3v) is 6.00. The van der Waals surface area contributed by atoms with E-state index in [4.69, 9.17) is 0 Å². The van der Waals surface area contributed by atoms with Gasteiger partial charge < -0.3 is 19.8 Å². The van der Waals surface area contributed by atoms with E-state index in [0.29, 0.717) is 30.8 Å². The van der Waals surface area contributed by atoms with E-state index < -0.39 is 0 Å². The molecule has 0 radical (unpaired) electrons. The number of carbonyl (C=O) groups excluding carboxylic acids is 1. The van der Waals surface area contributed by atoms with Crippen LogP contribution in [0.4, 0.5) is 5.82 Å². The number of nitrogens with zero attached hydrogens (tertiary/aromatic N) is 5. The summed E-state index contributed by atoms with van der Waals surface area (Å²) in [4.78, 5) is 32.5. The van der Waals surface area contributed by atoms with Crippen LogP contribution in [-0.4, -0.2) is 65.2 Å². The number of aromatic nitrogens is 3. The number of rotatable bonds is 6. The predicted molar refractivity (Wildman–Crippen MR) is 103 cm³/mol. The number of aliphatic imine (C=N–C) groups is 1. The molecule has 7 heteroatoms. The van der Waals surface area contributed by atoms with Gasteiger partial charge in [0.1, 0.15) is 17.8 Å². The van der Waals surface area contributed by atoms with Crippen LogP contribution in [0.25, 0.3) is 11.0 Å². The molecule has 7 nitrogen and oxygen atoms in total. The summed E-state index contributed by atoms with van der Waals surface area (Å²) in [6, 6.07) is 2.51. The summed E-state index contributed by atoms with van der Waals surface area (Å²) in [5, 5.41) is 1.07. The van der Waals surface area contributed by atoms with Gasteiger partial charge in [0.05, 0.1) is 5.39 Å². The van der Waals surface area contributed by atoms with E-state index in [0.717, 1.165) is 49.2 Å². The van der Waals surface area contributed by atoms with Crippen LogP contribution in [0.5, 0.6) is 0 Å². The zero-order valence-corrected chi connectivity index (χ0v) is 15.3. The molecule has 2 fully saturated rings. The van der Waals surface area contributed by atoms with Gasteiger partial charge in [0, 0.05) is 45.3 Å². The highest BCUT2D eigenvalue weighted by molar-refractivity contribution is 5.87. The standard InChI is InChI=1S/C19H26N6O/c1-20-6-3-4-17(26)25-10-13-8-15(9-14(13)11-25)24(2)19-16-5-7-21-18(16)22-12-23-19/h5,7,12-15H,1,3-4,6,8-11H2,2H3,(H,21,22,23)/t13-,14+,15?. The Kier molecular flexibility index (Phi) is 4.61. The van der Waals surface area contributed by atoms with Crippen LogP contribution in [0.1, 0.15) is 25.7 Å². The average Bonchev–Trinajstić information content (AvgIpc) is 3.34. The quantitative estimate of drug-likeness (QED) is 0.637. The van der Waals surface area contributed by atoms with Crippen LogP contribution in [0.2, 0.25) is 0 Å². The maximum Gasteiger partial charge on any atom is 0.222 e. The maximum atomic E-state index is 12.3. The Balaban J connectivity index is 1.38. The van der Waals surface area contributed by atoms with Gasteiger partial charge in [0.2, 0.25) is 5.91 Å². The van der Waals surface area contributed by atoms with Gasteiger partial charge in [-0.15, -0.1) is 0 Å². The summed E-state index contributed by atoms with van der Waals surface area (Å²) in [6.07, 6.45) is 7.17. The van der Waals surface area contributed by atoms with E-state index in [1.165, 1.54) is 0 Å². The minimum Gasteiger partial charge on any atom is -0.356 e. The van der Waals surface area contributed by atoms with Crippen molar-refractivity contribution in [2.45, 2.75) is 31.7 Å². The molecule has 1 saturated carbocycles. The first-order chi connectivity index (χ1) is 12.7. The van der Waals surface area contributed by atoms with Gasteiger partial charge in [-0.3, -0.25) is 4.79 Å². The molecule has 3 heterocycles. The Morgan fingerprint density at radius 2 is 2.15 bits per heavy atom. The van der Waals surface area contributed by atoms with Gasteiger partial charge in [-0.2, -0.15) is 0 Å². The van der Waals surface area contributed by atoms with Crippen LogP contribution in [-0.2, 0) is 4.79 Å². The van der Waals surface area contributed by atoms with Gasteiger partial charge in [-0.1, -0.05) is 0 Å². The second kappa shape index (κ2) is 7.05. The fourth-order valence-corrected chi connectivity index (χ4v) is 4.60. The van der Waals surface area contributed by atoms with Crippen molar-refractivity contribution in [3.8, 4) is 0 Å². The van der Waals surface area contributed by atoms with Crippen LogP contribution in [0.3, 0.4) is 0 Å². The second-order valence-corrected chi connectivity index (χ2v) is 7.54. The van der Waals surface area contributed by atoms with Crippen molar-refractivity contribution < 1.29 is 4.79 Å². The van der Waals surface area contributed by atoms with E-state index in [2.05, 4.69) is 43.5 Å². The van der Waals surface area contributed by atoms with Crippen molar-refractivity contribution >= 4 is 29.5 Å². The SMILES string of the molecule is C=NCCCC(=O)N1C[C@H]2CC(N(C)c3ncnc4[nH]ccc34)C[C@H]2C1. The van der Waals surface area contributed by atoms with E-state index in [9.17, 15) is 4.79 Å². The molecule has 1 aliphatic carbocycles. The minimum absolute atomic E-state index is 0.276. The number of anilines is 1. The lowest BCUT2D eigenvalue weighted by atomic mass is 10.0. The fourth-order valence-electron chi connectivity index (χ4n) is 4.60. The van der Waals surface area contributed by atoms with Crippen LogP contribution >= 0.6 is 0 Å². The monoisotopic (exact) mass is 354 g/mol. The van der Waals surface area contributed by atoms with Gasteiger partial charge in [-0.25, -0.2) is 9.97 Å². The van der Waals surface area contributed by atoms with E-state index in [1.807, 2.05) is 12.3 Å². The zero-order valence-electron chi connectivity index (χ0n) is 15.3. The Bertz CT molecular complexity index is 788. The summed E-state index contributed by atoms with van der Waals surface area (Å²) in [6.45, 7) is 5.95. The third kappa shape index (κ3) is 3.06. The summed E-state index contributed by atoms with van der Waals surface area (Å²) in [5.74, 6) is 2.48. The largest absolute Gasteiger partial charge is 0.356 e. The first-order valence-electron chi connectivity index (χ1n) is 9.38. The smallest absolute Gasteiger partial charge is 0.222 e. The number of H-pyrrole nitrogens is 1. The molecule has 2 aliphatic rings. The first kappa shape index (κ1) is 17.0. The van der Waals surface area contributed by atoms with Crippen molar-refractivity contribution in [3.05, 3.63) is 18.6 Å². The number of likely N-dealkylation sites (tertiary alicyclic amines) is 1. The van der Waals surface area contributed by atoms with Gasteiger partial charge in [0.15, 0.2) is 0 Å². The molecule has 0 aromatic carbocycles. The molecule has 0 spiro atoms. The summed E-state index contributed by atoms with van der Waals surface area (Å²) >= 11 is 0. The molecule has 26 heavy (non-hydrogen) atoms. The number of fused-ring (bicyclic) bond motifs is 2. The third-order valence-electron chi connectivity index (χ3n) is 6.00. The Hall–Kier alpha value is -2.44. The number of hydrogen-bond acceptors (Lipinski definition) is 5. The molecule has 1 unspecified atom stereocenters. The molecular formula is C19H26N6O. The first-order valence-corrected chi connectivity index (χ1v) is 9.38. The number of nitrogens with one attached hydrogen (secondary N) is 1. The highest BCUT2D eigenvalue weighted by Crippen LogP contribution is 2.41. The molecule has 2 aromatic heterocycles. The van der Waals surface area contributed by atoms with Crippen molar-refractivity contribution in [1.82, 2.24) is 19.9 Å². The molecule has 1 aliphatic heterocycles. The van der Waals surface area contributed by atoms with Crippen molar-refractivity contribution in [1.29, 1.82) is 0 Å². The summed E-state index contributed by atoms with van der Waals surface area (Å²) in [5.41, 5.74) is 0.880. The molecular weight excluding hydrogens is 328 g/mol. The lowest BCUT2D eigenvalue weighted by molar-refractivity contribution is -0.130. The van der Waals surface area contributed by atoms with Crippen LogP contribution < -0.4 is 4.90 Å². The predicted octanol–water partition coefficient (Wildman–Crippen LogP) is 2.11. The van der Waals surface area contributed by atoms with E-state index in [1.54, 1.807) is 6.33 Å². The maximum absolute atomic E-state index is 12.3. The average molecular weight is 354 g/mol. The molecule has 138 valence electrons. The molecule has 3 atom stereocenters. The normalized spacial score (nSPS) is 24.8.